The molecule has 2 aliphatic rings. The van der Waals surface area contributed by atoms with Crippen molar-refractivity contribution >= 4 is 29.1 Å². The van der Waals surface area contributed by atoms with Crippen LogP contribution in [0.5, 0.6) is 11.5 Å². The number of amides is 1. The van der Waals surface area contributed by atoms with Gasteiger partial charge in [-0.1, -0.05) is 12.1 Å². The molecule has 194 valence electrons. The number of aliphatic hydroxyl groups excluding tert-OH is 1. The molecule has 3 aromatic carbocycles. The number of rotatable bonds is 5. The number of carbonyl (C=O) groups excluding carboxylic acids is 3. The average molecular weight is 514 g/mol. The van der Waals surface area contributed by atoms with Crippen molar-refractivity contribution in [2.24, 2.45) is 0 Å². The molecular weight excluding hydrogens is 486 g/mol. The summed E-state index contributed by atoms with van der Waals surface area (Å²) in [6, 6.07) is 16.5. The van der Waals surface area contributed by atoms with Gasteiger partial charge >= 0.3 is 5.97 Å². The number of phenols is 1. The van der Waals surface area contributed by atoms with Gasteiger partial charge in [-0.05, 0) is 92.4 Å². The lowest BCUT2D eigenvalue weighted by Gasteiger charge is -2.26. The highest BCUT2D eigenvalue weighted by Crippen LogP contribution is 2.43. The Morgan fingerprint density at radius 2 is 1.68 bits per heavy atom. The van der Waals surface area contributed by atoms with Crippen LogP contribution >= 0.6 is 0 Å². The van der Waals surface area contributed by atoms with Crippen LogP contribution in [-0.4, -0.2) is 40.6 Å². The number of ether oxygens (including phenoxy) is 2. The molecule has 1 unspecified atom stereocenters. The van der Waals surface area contributed by atoms with E-state index in [0.29, 0.717) is 29.0 Å². The number of carbonyl (C=O) groups is 3. The number of aromatic hydroxyl groups is 1. The van der Waals surface area contributed by atoms with Crippen LogP contribution in [0.25, 0.3) is 5.76 Å². The Morgan fingerprint density at radius 3 is 2.37 bits per heavy atom. The monoisotopic (exact) mass is 513 g/mol. The van der Waals surface area contributed by atoms with Crippen LogP contribution in [0.15, 0.2) is 72.3 Å². The summed E-state index contributed by atoms with van der Waals surface area (Å²) in [5.74, 6) is -1.69. The summed E-state index contributed by atoms with van der Waals surface area (Å²) in [5.41, 5.74) is 2.44. The Labute approximate surface area is 219 Å². The minimum Gasteiger partial charge on any atom is -0.508 e. The lowest BCUT2D eigenvalue weighted by atomic mass is 9.93. The molecule has 0 spiro atoms. The predicted octanol–water partition coefficient (Wildman–Crippen LogP) is 4.91. The number of hydrogen-bond acceptors (Lipinski definition) is 7. The number of Topliss-reactive ketones (excluding diaryl/α,β-unsaturated/α-hetero) is 1. The maximum Gasteiger partial charge on any atom is 0.338 e. The van der Waals surface area contributed by atoms with Crippen LogP contribution < -0.4 is 9.64 Å². The lowest BCUT2D eigenvalue weighted by molar-refractivity contribution is -0.132. The van der Waals surface area contributed by atoms with Crippen molar-refractivity contribution in [3.8, 4) is 11.5 Å². The molecule has 8 nitrogen and oxygen atoms in total. The number of fused-ring (bicyclic) bond motifs is 1. The molecule has 1 amide bonds. The van der Waals surface area contributed by atoms with E-state index >= 15 is 0 Å². The van der Waals surface area contributed by atoms with Crippen molar-refractivity contribution in [3.05, 3.63) is 94.6 Å². The molecule has 1 fully saturated rings. The van der Waals surface area contributed by atoms with E-state index in [1.54, 1.807) is 56.3 Å². The highest BCUT2D eigenvalue weighted by molar-refractivity contribution is 6.51. The number of anilines is 1. The van der Waals surface area contributed by atoms with Crippen molar-refractivity contribution in [2.75, 3.05) is 11.5 Å². The molecule has 3 aromatic rings. The van der Waals surface area contributed by atoms with E-state index in [9.17, 15) is 24.6 Å². The van der Waals surface area contributed by atoms with Gasteiger partial charge in [0.25, 0.3) is 11.7 Å². The highest BCUT2D eigenvalue weighted by Gasteiger charge is 2.47. The molecule has 0 aromatic heterocycles. The third kappa shape index (κ3) is 4.61. The SMILES string of the molecule is CC(C)OC(=O)c1ccc(N2C(=O)C(=O)/C(=C(\O)c3ccc4c(c3)CCCO4)C2c2ccc(O)cc2)cc1. The maximum atomic E-state index is 13.4. The zero-order valence-electron chi connectivity index (χ0n) is 21.0. The summed E-state index contributed by atoms with van der Waals surface area (Å²) in [4.78, 5) is 40.3. The molecule has 2 heterocycles. The van der Waals surface area contributed by atoms with E-state index in [1.165, 1.54) is 29.2 Å². The lowest BCUT2D eigenvalue weighted by Crippen LogP contribution is -2.29. The van der Waals surface area contributed by atoms with E-state index in [0.717, 1.165) is 24.2 Å². The molecule has 2 N–H and O–H groups in total. The number of benzene rings is 3. The third-order valence-electron chi connectivity index (χ3n) is 6.56. The first-order valence-electron chi connectivity index (χ1n) is 12.4. The first-order valence-corrected chi connectivity index (χ1v) is 12.4. The van der Waals surface area contributed by atoms with Crippen molar-refractivity contribution in [2.45, 2.75) is 38.8 Å². The predicted molar refractivity (Wildman–Crippen MR) is 140 cm³/mol. The van der Waals surface area contributed by atoms with Gasteiger partial charge in [-0.2, -0.15) is 0 Å². The van der Waals surface area contributed by atoms with Gasteiger partial charge in [-0.25, -0.2) is 4.79 Å². The number of ketones is 1. The zero-order valence-corrected chi connectivity index (χ0v) is 21.0. The summed E-state index contributed by atoms with van der Waals surface area (Å²) in [5, 5.41) is 21.2. The Hall–Kier alpha value is -4.59. The average Bonchev–Trinajstić information content (AvgIpc) is 3.18. The number of aryl methyl sites for hydroxylation is 1. The van der Waals surface area contributed by atoms with Crippen LogP contribution in [0.2, 0.25) is 0 Å². The molecule has 0 aliphatic carbocycles. The fourth-order valence-corrected chi connectivity index (χ4v) is 4.77. The fourth-order valence-electron chi connectivity index (χ4n) is 4.77. The number of esters is 1. The van der Waals surface area contributed by atoms with Crippen LogP contribution in [0.3, 0.4) is 0 Å². The Kier molecular flexibility index (Phi) is 6.63. The largest absolute Gasteiger partial charge is 0.508 e. The van der Waals surface area contributed by atoms with Crippen molar-refractivity contribution in [1.29, 1.82) is 0 Å². The van der Waals surface area contributed by atoms with E-state index in [4.69, 9.17) is 9.47 Å². The molecule has 0 saturated carbocycles. The van der Waals surface area contributed by atoms with Crippen LogP contribution in [-0.2, 0) is 20.7 Å². The van der Waals surface area contributed by atoms with Crippen molar-refractivity contribution < 1.29 is 34.1 Å². The van der Waals surface area contributed by atoms with E-state index in [-0.39, 0.29) is 23.2 Å². The molecule has 0 bridgehead atoms. The van der Waals surface area contributed by atoms with Gasteiger partial charge in [0.2, 0.25) is 0 Å². The number of nitrogens with zero attached hydrogens (tertiary/aromatic N) is 1. The van der Waals surface area contributed by atoms with E-state index < -0.39 is 23.7 Å². The van der Waals surface area contributed by atoms with Crippen molar-refractivity contribution in [1.82, 2.24) is 0 Å². The Balaban J connectivity index is 1.61. The Morgan fingerprint density at radius 1 is 1.00 bits per heavy atom. The smallest absolute Gasteiger partial charge is 0.338 e. The van der Waals surface area contributed by atoms with Gasteiger partial charge in [0.15, 0.2) is 0 Å². The second-order valence-electron chi connectivity index (χ2n) is 9.54. The quantitative estimate of drug-likeness (QED) is 0.216. The molecule has 8 heteroatoms. The normalized spacial score (nSPS) is 18.3. The first-order chi connectivity index (χ1) is 18.2. The summed E-state index contributed by atoms with van der Waals surface area (Å²) < 4.78 is 10.9. The van der Waals surface area contributed by atoms with E-state index in [1.807, 2.05) is 0 Å². The van der Waals surface area contributed by atoms with Gasteiger partial charge < -0.3 is 19.7 Å². The second kappa shape index (κ2) is 10.0. The molecule has 2 aliphatic heterocycles. The van der Waals surface area contributed by atoms with Crippen molar-refractivity contribution in [3.63, 3.8) is 0 Å². The van der Waals surface area contributed by atoms with Gasteiger partial charge in [0.05, 0.1) is 29.9 Å². The third-order valence-corrected chi connectivity index (χ3v) is 6.56. The summed E-state index contributed by atoms with van der Waals surface area (Å²) >= 11 is 0. The molecular formula is C30H27NO7. The van der Waals surface area contributed by atoms with Gasteiger partial charge in [-0.3, -0.25) is 14.5 Å². The zero-order chi connectivity index (χ0) is 27.0. The summed E-state index contributed by atoms with van der Waals surface area (Å²) in [6.45, 7) is 4.12. The maximum absolute atomic E-state index is 13.4. The number of aliphatic hydroxyl groups is 1. The fraction of sp³-hybridized carbons (Fsp3) is 0.233. The minimum absolute atomic E-state index is 0.0217. The Bertz CT molecular complexity index is 1440. The van der Waals surface area contributed by atoms with E-state index in [2.05, 4.69) is 0 Å². The number of hydrogen-bond donors (Lipinski definition) is 2. The number of phenolic OH excluding ortho intramolecular Hbond substituents is 1. The molecule has 5 rings (SSSR count). The molecule has 0 radical (unpaired) electrons. The van der Waals surface area contributed by atoms with Crippen LogP contribution in [0.1, 0.15) is 53.4 Å². The van der Waals surface area contributed by atoms with Crippen LogP contribution in [0, 0.1) is 0 Å². The standard InChI is InChI=1S/C30H27NO7/c1-17(2)38-30(36)19-5-10-22(11-6-19)31-26(18-7-12-23(32)13-8-18)25(28(34)29(31)35)27(33)21-9-14-24-20(16-21)4-3-15-37-24/h5-14,16-17,26,32-33H,3-4,15H2,1-2H3/b27-25-. The summed E-state index contributed by atoms with van der Waals surface area (Å²) in [6.07, 6.45) is 1.33. The van der Waals surface area contributed by atoms with Crippen LogP contribution in [0.4, 0.5) is 5.69 Å². The molecule has 1 atom stereocenters. The summed E-state index contributed by atoms with van der Waals surface area (Å²) in [7, 11) is 0. The first kappa shape index (κ1) is 25.1. The topological polar surface area (TPSA) is 113 Å². The van der Waals surface area contributed by atoms with Gasteiger partial charge in [-0.15, -0.1) is 0 Å². The van der Waals surface area contributed by atoms with Gasteiger partial charge in [0, 0.05) is 11.3 Å². The molecule has 38 heavy (non-hydrogen) atoms. The minimum atomic E-state index is -0.962. The molecule has 1 saturated heterocycles. The second-order valence-corrected chi connectivity index (χ2v) is 9.54. The van der Waals surface area contributed by atoms with Gasteiger partial charge in [0.1, 0.15) is 17.3 Å². The highest BCUT2D eigenvalue weighted by atomic mass is 16.5.